The molecule has 2 heterocycles. The zero-order chi connectivity index (χ0) is 20.7. The Kier molecular flexibility index (Phi) is 7.64. The van der Waals surface area contributed by atoms with Crippen LogP contribution in [0.2, 0.25) is 0 Å². The smallest absolute Gasteiger partial charge is 0.191 e. The Hall–Kier alpha value is -1.95. The molecular formula is C23H39N5O. The number of anilines is 1. The van der Waals surface area contributed by atoms with E-state index in [1.54, 1.807) is 7.11 Å². The molecule has 0 aliphatic carbocycles. The van der Waals surface area contributed by atoms with Crippen LogP contribution in [0, 0.1) is 5.92 Å². The molecule has 2 aliphatic heterocycles. The Labute approximate surface area is 176 Å². The number of hydrogen-bond donors (Lipinski definition) is 2. The largest absolute Gasteiger partial charge is 0.497 e. The molecule has 1 unspecified atom stereocenters. The van der Waals surface area contributed by atoms with Crippen LogP contribution in [0.4, 0.5) is 5.69 Å². The number of rotatable bonds is 7. The van der Waals surface area contributed by atoms with Gasteiger partial charge in [-0.05, 0) is 64.3 Å². The maximum Gasteiger partial charge on any atom is 0.191 e. The number of likely N-dealkylation sites (tertiary alicyclic amines) is 1. The molecule has 29 heavy (non-hydrogen) atoms. The Morgan fingerprint density at radius 1 is 1.17 bits per heavy atom. The first-order chi connectivity index (χ1) is 14.0. The molecule has 0 radical (unpaired) electrons. The van der Waals surface area contributed by atoms with Crippen molar-refractivity contribution in [2.24, 2.45) is 10.9 Å². The van der Waals surface area contributed by atoms with Crippen LogP contribution in [0.15, 0.2) is 29.3 Å². The average Bonchev–Trinajstić information content (AvgIpc) is 3.23. The van der Waals surface area contributed by atoms with Gasteiger partial charge in [0.1, 0.15) is 5.75 Å². The highest BCUT2D eigenvalue weighted by Crippen LogP contribution is 2.26. The molecular weight excluding hydrogens is 362 g/mol. The summed E-state index contributed by atoms with van der Waals surface area (Å²) in [6, 6.07) is 8.36. The fourth-order valence-corrected chi connectivity index (χ4v) is 4.41. The van der Waals surface area contributed by atoms with Crippen molar-refractivity contribution in [1.82, 2.24) is 15.5 Å². The van der Waals surface area contributed by atoms with Gasteiger partial charge in [0.2, 0.25) is 0 Å². The van der Waals surface area contributed by atoms with Crippen LogP contribution in [-0.4, -0.2) is 69.8 Å². The van der Waals surface area contributed by atoms with Crippen LogP contribution in [0.5, 0.6) is 5.75 Å². The first kappa shape index (κ1) is 21.8. The van der Waals surface area contributed by atoms with E-state index >= 15 is 0 Å². The topological polar surface area (TPSA) is 52.1 Å². The van der Waals surface area contributed by atoms with Gasteiger partial charge in [0.15, 0.2) is 5.96 Å². The average molecular weight is 402 g/mol. The van der Waals surface area contributed by atoms with Crippen LogP contribution in [0.1, 0.15) is 39.5 Å². The monoisotopic (exact) mass is 401 g/mol. The maximum atomic E-state index is 5.37. The summed E-state index contributed by atoms with van der Waals surface area (Å²) in [4.78, 5) is 9.50. The predicted octanol–water partition coefficient (Wildman–Crippen LogP) is 2.95. The molecule has 0 amide bonds. The summed E-state index contributed by atoms with van der Waals surface area (Å²) >= 11 is 0. The summed E-state index contributed by atoms with van der Waals surface area (Å²) in [5, 5.41) is 7.11. The van der Waals surface area contributed by atoms with Gasteiger partial charge in [-0.1, -0.05) is 12.5 Å². The van der Waals surface area contributed by atoms with Crippen molar-refractivity contribution in [3.05, 3.63) is 24.3 Å². The number of methoxy groups -OCH3 is 1. The molecule has 0 bridgehead atoms. The normalized spacial score (nSPS) is 21.3. The van der Waals surface area contributed by atoms with Gasteiger partial charge >= 0.3 is 0 Å². The number of nitrogens with zero attached hydrogens (tertiary/aromatic N) is 3. The number of hydrogen-bond acceptors (Lipinski definition) is 4. The minimum absolute atomic E-state index is 0.147. The fourth-order valence-electron chi connectivity index (χ4n) is 4.41. The van der Waals surface area contributed by atoms with Crippen LogP contribution in [-0.2, 0) is 0 Å². The van der Waals surface area contributed by atoms with E-state index in [0.29, 0.717) is 5.92 Å². The van der Waals surface area contributed by atoms with Gasteiger partial charge in [0, 0.05) is 50.5 Å². The highest BCUT2D eigenvalue weighted by atomic mass is 16.5. The zero-order valence-electron chi connectivity index (χ0n) is 18.7. The lowest BCUT2D eigenvalue weighted by molar-refractivity contribution is 0.0982. The lowest BCUT2D eigenvalue weighted by atomic mass is 9.98. The molecule has 1 aromatic carbocycles. The van der Waals surface area contributed by atoms with Crippen molar-refractivity contribution >= 4 is 11.6 Å². The Morgan fingerprint density at radius 2 is 1.97 bits per heavy atom. The van der Waals surface area contributed by atoms with E-state index < -0.39 is 0 Å². The van der Waals surface area contributed by atoms with E-state index in [0.717, 1.165) is 37.9 Å². The molecule has 1 aromatic rings. The number of aliphatic imine (C=N–C) groups is 1. The van der Waals surface area contributed by atoms with Gasteiger partial charge in [0.25, 0.3) is 0 Å². The van der Waals surface area contributed by atoms with Gasteiger partial charge < -0.3 is 20.3 Å². The first-order valence-electron chi connectivity index (χ1n) is 11.1. The molecule has 2 fully saturated rings. The Balaban J connectivity index is 1.43. The van der Waals surface area contributed by atoms with Gasteiger partial charge in [-0.2, -0.15) is 0 Å². The number of piperidine rings is 1. The van der Waals surface area contributed by atoms with Gasteiger partial charge in [-0.25, -0.2) is 0 Å². The van der Waals surface area contributed by atoms with Crippen molar-refractivity contribution in [2.45, 2.75) is 45.1 Å². The summed E-state index contributed by atoms with van der Waals surface area (Å²) in [5.74, 6) is 2.45. The van der Waals surface area contributed by atoms with Crippen LogP contribution < -0.4 is 20.3 Å². The van der Waals surface area contributed by atoms with E-state index in [4.69, 9.17) is 4.74 Å². The molecule has 6 nitrogen and oxygen atoms in total. The molecule has 0 aromatic heterocycles. The summed E-state index contributed by atoms with van der Waals surface area (Å²) in [6.07, 6.45) is 5.21. The van der Waals surface area contributed by atoms with E-state index in [1.165, 1.54) is 44.5 Å². The van der Waals surface area contributed by atoms with Crippen molar-refractivity contribution in [2.75, 3.05) is 58.3 Å². The van der Waals surface area contributed by atoms with Crippen molar-refractivity contribution in [3.63, 3.8) is 0 Å². The first-order valence-corrected chi connectivity index (χ1v) is 11.1. The van der Waals surface area contributed by atoms with E-state index in [2.05, 4.69) is 57.5 Å². The quantitative estimate of drug-likeness (QED) is 0.543. The highest BCUT2D eigenvalue weighted by molar-refractivity contribution is 5.79. The van der Waals surface area contributed by atoms with Crippen LogP contribution in [0.25, 0.3) is 0 Å². The lowest BCUT2D eigenvalue weighted by Gasteiger charge is -2.41. The van der Waals surface area contributed by atoms with E-state index in [-0.39, 0.29) is 5.54 Å². The number of ether oxygens (including phenoxy) is 1. The van der Waals surface area contributed by atoms with Gasteiger partial charge in [-0.3, -0.25) is 9.89 Å². The fraction of sp³-hybridized carbons (Fsp3) is 0.696. The minimum atomic E-state index is 0.147. The van der Waals surface area contributed by atoms with Crippen molar-refractivity contribution in [3.8, 4) is 5.75 Å². The second kappa shape index (κ2) is 10.2. The number of benzene rings is 1. The molecule has 0 saturated carbocycles. The third-order valence-corrected chi connectivity index (χ3v) is 6.39. The van der Waals surface area contributed by atoms with Gasteiger partial charge in [-0.15, -0.1) is 0 Å². The van der Waals surface area contributed by atoms with Crippen molar-refractivity contribution in [1.29, 1.82) is 0 Å². The second-order valence-corrected chi connectivity index (χ2v) is 8.97. The molecule has 0 spiro atoms. The molecule has 2 saturated heterocycles. The maximum absolute atomic E-state index is 5.37. The lowest BCUT2D eigenvalue weighted by Crippen LogP contribution is -2.55. The summed E-state index contributed by atoms with van der Waals surface area (Å²) < 4.78 is 5.37. The second-order valence-electron chi connectivity index (χ2n) is 8.97. The minimum Gasteiger partial charge on any atom is -0.497 e. The van der Waals surface area contributed by atoms with Crippen LogP contribution >= 0.6 is 0 Å². The number of guanidine groups is 1. The predicted molar refractivity (Wildman–Crippen MR) is 122 cm³/mol. The van der Waals surface area contributed by atoms with Gasteiger partial charge in [0.05, 0.1) is 7.11 Å². The summed E-state index contributed by atoms with van der Waals surface area (Å²) in [6.45, 7) is 11.1. The molecule has 6 heteroatoms. The molecule has 3 rings (SSSR count). The number of nitrogens with one attached hydrogen (secondary N) is 2. The highest BCUT2D eigenvalue weighted by Gasteiger charge is 2.28. The Bertz CT molecular complexity index is 669. The molecule has 2 N–H and O–H groups in total. The zero-order valence-corrected chi connectivity index (χ0v) is 18.7. The SMILES string of the molecule is CN=C(NCC1CCN(c2cccc(OC)c2)C1)NCC(C)(C)N1CCCCC1. The molecule has 162 valence electrons. The Morgan fingerprint density at radius 3 is 2.69 bits per heavy atom. The summed E-state index contributed by atoms with van der Waals surface area (Å²) in [7, 11) is 3.58. The molecule has 1 atom stereocenters. The van der Waals surface area contributed by atoms with E-state index in [1.807, 2.05) is 13.1 Å². The molecule has 2 aliphatic rings. The van der Waals surface area contributed by atoms with Crippen LogP contribution in [0.3, 0.4) is 0 Å². The third-order valence-electron chi connectivity index (χ3n) is 6.39. The summed E-state index contributed by atoms with van der Waals surface area (Å²) in [5.41, 5.74) is 1.40. The van der Waals surface area contributed by atoms with Crippen molar-refractivity contribution < 1.29 is 4.74 Å². The third kappa shape index (κ3) is 6.01. The standard InChI is InChI=1S/C23H39N5O/c1-23(2,28-12-6-5-7-13-28)18-26-22(24-3)25-16-19-11-14-27(17-19)20-9-8-10-21(15-20)29-4/h8-10,15,19H,5-7,11-14,16-18H2,1-4H3,(H2,24,25,26). The van der Waals surface area contributed by atoms with E-state index in [9.17, 15) is 0 Å².